The summed E-state index contributed by atoms with van der Waals surface area (Å²) in [5, 5.41) is 20.5. The van der Waals surface area contributed by atoms with E-state index in [0.29, 0.717) is 11.6 Å². The summed E-state index contributed by atoms with van der Waals surface area (Å²) in [6.45, 7) is 2.08. The number of aryl methyl sites for hydroxylation is 1. The highest BCUT2D eigenvalue weighted by molar-refractivity contribution is 6.03. The van der Waals surface area contributed by atoms with Crippen LogP contribution in [0.3, 0.4) is 0 Å². The van der Waals surface area contributed by atoms with E-state index in [1.165, 1.54) is 0 Å². The Labute approximate surface area is 169 Å². The second kappa shape index (κ2) is 8.13. The Morgan fingerprint density at radius 2 is 2.14 bits per heavy atom. The highest BCUT2D eigenvalue weighted by Gasteiger charge is 2.28. The number of aliphatic hydroxyl groups excluding tert-OH is 1. The number of benzene rings is 1. The summed E-state index contributed by atoms with van der Waals surface area (Å²) >= 11 is 0. The van der Waals surface area contributed by atoms with Crippen LogP contribution in [-0.2, 0) is 20.1 Å². The fourth-order valence-electron chi connectivity index (χ4n) is 3.48. The SMILES string of the molecule is C[C@H](Cc1nncn1C)c1cccc(NC(=O)c2ccc(CO)c(C3CC3)n2)c1. The Kier molecular flexibility index (Phi) is 5.40. The standard InChI is InChI=1S/C22H25N5O2/c1-14(10-20-26-23-13-27(20)2)16-4-3-5-18(11-16)24-22(29)19-9-8-17(12-28)21(25-19)15-6-7-15/h3-5,8-9,11,13-15,28H,6-7,10,12H2,1-2H3,(H,24,29)/t14-/m1/s1. The maximum Gasteiger partial charge on any atom is 0.274 e. The molecule has 0 unspecified atom stereocenters. The molecule has 1 saturated carbocycles. The molecule has 0 aliphatic heterocycles. The van der Waals surface area contributed by atoms with Crippen LogP contribution in [0.4, 0.5) is 5.69 Å². The first-order valence-electron chi connectivity index (χ1n) is 9.90. The Morgan fingerprint density at radius 1 is 1.31 bits per heavy atom. The van der Waals surface area contributed by atoms with Crippen LogP contribution in [0.5, 0.6) is 0 Å². The fourth-order valence-corrected chi connectivity index (χ4v) is 3.48. The van der Waals surface area contributed by atoms with Gasteiger partial charge >= 0.3 is 0 Å². The van der Waals surface area contributed by atoms with Gasteiger partial charge in [0.25, 0.3) is 5.91 Å². The number of nitrogens with one attached hydrogen (secondary N) is 1. The van der Waals surface area contributed by atoms with Gasteiger partial charge in [-0.25, -0.2) is 4.98 Å². The third-order valence-electron chi connectivity index (χ3n) is 5.39. The highest BCUT2D eigenvalue weighted by atomic mass is 16.3. The second-order valence-electron chi connectivity index (χ2n) is 7.72. The lowest BCUT2D eigenvalue weighted by Crippen LogP contribution is -2.15. The second-order valence-corrected chi connectivity index (χ2v) is 7.72. The number of amides is 1. The van der Waals surface area contributed by atoms with Gasteiger partial charge in [-0.3, -0.25) is 4.79 Å². The number of aromatic nitrogens is 4. The van der Waals surface area contributed by atoms with E-state index in [1.54, 1.807) is 18.5 Å². The zero-order valence-electron chi connectivity index (χ0n) is 16.7. The highest BCUT2D eigenvalue weighted by Crippen LogP contribution is 2.40. The van der Waals surface area contributed by atoms with Gasteiger partial charge in [-0.05, 0) is 48.1 Å². The number of hydrogen-bond acceptors (Lipinski definition) is 5. The molecular formula is C22H25N5O2. The van der Waals surface area contributed by atoms with Crippen molar-refractivity contribution >= 4 is 11.6 Å². The number of nitrogens with zero attached hydrogens (tertiary/aromatic N) is 4. The summed E-state index contributed by atoms with van der Waals surface area (Å²) in [5.74, 6) is 1.29. The summed E-state index contributed by atoms with van der Waals surface area (Å²) in [5.41, 5.74) is 3.89. The lowest BCUT2D eigenvalue weighted by molar-refractivity contribution is 0.102. The number of carbonyl (C=O) groups is 1. The maximum atomic E-state index is 12.7. The van der Waals surface area contributed by atoms with Gasteiger partial charge < -0.3 is 15.0 Å². The molecule has 1 fully saturated rings. The number of rotatable bonds is 7. The number of carbonyl (C=O) groups excluding carboxylic acids is 1. The Hall–Kier alpha value is -3.06. The Balaban J connectivity index is 1.48. The van der Waals surface area contributed by atoms with Crippen LogP contribution < -0.4 is 5.32 Å². The van der Waals surface area contributed by atoms with Crippen molar-refractivity contribution in [3.05, 3.63) is 71.1 Å². The Morgan fingerprint density at radius 3 is 2.83 bits per heavy atom. The molecule has 1 aliphatic carbocycles. The van der Waals surface area contributed by atoms with Crippen LogP contribution in [0.2, 0.25) is 0 Å². The van der Waals surface area contributed by atoms with Crippen LogP contribution >= 0.6 is 0 Å². The van der Waals surface area contributed by atoms with E-state index in [0.717, 1.165) is 47.6 Å². The van der Waals surface area contributed by atoms with Crippen LogP contribution in [0, 0.1) is 0 Å². The fraction of sp³-hybridized carbons (Fsp3) is 0.364. The monoisotopic (exact) mass is 391 g/mol. The molecule has 3 aromatic rings. The molecule has 29 heavy (non-hydrogen) atoms. The van der Waals surface area contributed by atoms with E-state index in [-0.39, 0.29) is 18.4 Å². The molecular weight excluding hydrogens is 366 g/mol. The van der Waals surface area contributed by atoms with Crippen LogP contribution in [0.15, 0.2) is 42.7 Å². The molecule has 2 aromatic heterocycles. The van der Waals surface area contributed by atoms with E-state index < -0.39 is 0 Å². The van der Waals surface area contributed by atoms with E-state index >= 15 is 0 Å². The molecule has 4 rings (SSSR count). The van der Waals surface area contributed by atoms with E-state index in [4.69, 9.17) is 0 Å². The molecule has 0 saturated heterocycles. The van der Waals surface area contributed by atoms with Crippen molar-refractivity contribution in [2.75, 3.05) is 5.32 Å². The molecule has 1 aliphatic rings. The van der Waals surface area contributed by atoms with Gasteiger partial charge in [0.05, 0.1) is 6.61 Å². The minimum absolute atomic E-state index is 0.0494. The van der Waals surface area contributed by atoms with Crippen molar-refractivity contribution in [3.8, 4) is 0 Å². The van der Waals surface area contributed by atoms with Gasteiger partial charge in [0.1, 0.15) is 17.8 Å². The summed E-state index contributed by atoms with van der Waals surface area (Å²) in [7, 11) is 1.93. The van der Waals surface area contributed by atoms with Crippen molar-refractivity contribution in [2.24, 2.45) is 7.05 Å². The lowest BCUT2D eigenvalue weighted by Gasteiger charge is -2.14. The van der Waals surface area contributed by atoms with Gasteiger partial charge in [-0.1, -0.05) is 25.1 Å². The summed E-state index contributed by atoms with van der Waals surface area (Å²) < 4.78 is 1.92. The summed E-state index contributed by atoms with van der Waals surface area (Å²) in [6, 6.07) is 11.3. The van der Waals surface area contributed by atoms with Crippen molar-refractivity contribution in [2.45, 2.75) is 44.6 Å². The average molecular weight is 391 g/mol. The minimum atomic E-state index is -0.241. The third-order valence-corrected chi connectivity index (χ3v) is 5.39. The molecule has 0 bridgehead atoms. The zero-order chi connectivity index (χ0) is 20.4. The molecule has 2 heterocycles. The van der Waals surface area contributed by atoms with Crippen molar-refractivity contribution in [3.63, 3.8) is 0 Å². The number of hydrogen-bond donors (Lipinski definition) is 2. The first-order chi connectivity index (χ1) is 14.0. The van der Waals surface area contributed by atoms with E-state index in [1.807, 2.05) is 29.8 Å². The molecule has 1 aromatic carbocycles. The van der Waals surface area contributed by atoms with Crippen molar-refractivity contribution in [1.82, 2.24) is 19.7 Å². The smallest absolute Gasteiger partial charge is 0.274 e. The number of aliphatic hydroxyl groups is 1. The largest absolute Gasteiger partial charge is 0.392 e. The number of anilines is 1. The molecule has 150 valence electrons. The predicted octanol–water partition coefficient (Wildman–Crippen LogP) is 3.18. The molecule has 1 amide bonds. The van der Waals surface area contributed by atoms with Crippen molar-refractivity contribution < 1.29 is 9.90 Å². The first kappa shape index (κ1) is 19.3. The van der Waals surface area contributed by atoms with Crippen LogP contribution in [0.1, 0.15) is 64.7 Å². The van der Waals surface area contributed by atoms with Crippen LogP contribution in [-0.4, -0.2) is 30.8 Å². The van der Waals surface area contributed by atoms with Gasteiger partial charge in [0, 0.05) is 30.8 Å². The molecule has 0 spiro atoms. The average Bonchev–Trinajstić information content (AvgIpc) is 3.51. The quantitative estimate of drug-likeness (QED) is 0.645. The third kappa shape index (κ3) is 4.35. The summed E-state index contributed by atoms with van der Waals surface area (Å²) in [6.07, 6.45) is 4.60. The topological polar surface area (TPSA) is 92.9 Å². The summed E-state index contributed by atoms with van der Waals surface area (Å²) in [4.78, 5) is 17.3. The number of pyridine rings is 1. The van der Waals surface area contributed by atoms with Gasteiger partial charge in [-0.15, -0.1) is 10.2 Å². The minimum Gasteiger partial charge on any atom is -0.392 e. The molecule has 0 radical (unpaired) electrons. The first-order valence-corrected chi connectivity index (χ1v) is 9.90. The van der Waals surface area contributed by atoms with Crippen LogP contribution in [0.25, 0.3) is 0 Å². The normalized spacial score (nSPS) is 14.6. The Bertz CT molecular complexity index is 1030. The maximum absolute atomic E-state index is 12.7. The zero-order valence-corrected chi connectivity index (χ0v) is 16.7. The van der Waals surface area contributed by atoms with Crippen molar-refractivity contribution in [1.29, 1.82) is 0 Å². The molecule has 1 atom stereocenters. The van der Waals surface area contributed by atoms with E-state index in [2.05, 4.69) is 33.5 Å². The molecule has 2 N–H and O–H groups in total. The lowest BCUT2D eigenvalue weighted by atomic mass is 9.97. The predicted molar refractivity (Wildman–Crippen MR) is 110 cm³/mol. The van der Waals surface area contributed by atoms with Gasteiger partial charge in [-0.2, -0.15) is 0 Å². The molecule has 7 nitrogen and oxygen atoms in total. The van der Waals surface area contributed by atoms with Gasteiger partial charge in [0.2, 0.25) is 0 Å². The van der Waals surface area contributed by atoms with E-state index in [9.17, 15) is 9.90 Å². The van der Waals surface area contributed by atoms with Gasteiger partial charge in [0.15, 0.2) is 0 Å². The molecule has 7 heteroatoms.